The second kappa shape index (κ2) is 12.7. The van der Waals surface area contributed by atoms with Crippen molar-refractivity contribution in [1.29, 1.82) is 0 Å². The van der Waals surface area contributed by atoms with Gasteiger partial charge in [-0.3, -0.25) is 8.21 Å². The maximum atomic E-state index is 10.1. The van der Waals surface area contributed by atoms with Crippen LogP contribution in [0.2, 0.25) is 5.02 Å². The zero-order valence-electron chi connectivity index (χ0n) is 23.0. The fraction of sp³-hybridized carbons (Fsp3) is 0.370. The topological polar surface area (TPSA) is 123 Å². The zero-order chi connectivity index (χ0) is 29.3. The van der Waals surface area contributed by atoms with Crippen LogP contribution in [0.5, 0.6) is 11.8 Å². The number of hydrogen-bond acceptors (Lipinski definition) is 10. The standard InChI is InChI=1S/C27H29BrClIN8O3/c1-5-40-27-31-9-16-11-38(12-21(16)33-27)26-14(2)22(23-15(3)24(28)36-37(23)4)34-25(35-26)19-8-18(6-7-20(19)29)41-13-17(39)10-32-30/h6-9,17,32,39H,5,10-13H2,1-4H3/t17-/m1/s1. The second-order valence-electron chi connectivity index (χ2n) is 9.59. The van der Waals surface area contributed by atoms with Crippen molar-refractivity contribution in [3.05, 3.63) is 56.4 Å². The number of fused-ring (bicyclic) bond motifs is 1. The lowest BCUT2D eigenvalue weighted by molar-refractivity contribution is 0.112. The predicted octanol–water partition coefficient (Wildman–Crippen LogP) is 4.97. The normalized spacial score (nSPS) is 13.4. The van der Waals surface area contributed by atoms with E-state index in [1.54, 1.807) is 18.2 Å². The monoisotopic (exact) mass is 754 g/mol. The molecule has 5 rings (SSSR count). The van der Waals surface area contributed by atoms with Gasteiger partial charge in [-0.1, -0.05) is 11.6 Å². The number of anilines is 1. The molecule has 11 nitrogen and oxygen atoms in total. The van der Waals surface area contributed by atoms with Crippen molar-refractivity contribution in [2.45, 2.75) is 40.0 Å². The highest BCUT2D eigenvalue weighted by atomic mass is 127. The molecular formula is C27H29BrClIN8O3. The molecule has 0 bridgehead atoms. The molecule has 1 aliphatic heterocycles. The van der Waals surface area contributed by atoms with E-state index in [1.807, 2.05) is 61.6 Å². The average molecular weight is 756 g/mol. The number of aliphatic hydroxyl groups is 1. The highest BCUT2D eigenvalue weighted by molar-refractivity contribution is 14.1. The Balaban J connectivity index is 1.60. The summed E-state index contributed by atoms with van der Waals surface area (Å²) < 4.78 is 16.8. The van der Waals surface area contributed by atoms with Gasteiger partial charge in [0, 0.05) is 71.5 Å². The van der Waals surface area contributed by atoms with Crippen molar-refractivity contribution in [2.75, 3.05) is 24.7 Å². The van der Waals surface area contributed by atoms with Crippen molar-refractivity contribution in [1.82, 2.24) is 33.2 Å². The van der Waals surface area contributed by atoms with Crippen LogP contribution in [0.25, 0.3) is 22.8 Å². The maximum absolute atomic E-state index is 10.1. The summed E-state index contributed by atoms with van der Waals surface area (Å²) in [7, 11) is 1.89. The summed E-state index contributed by atoms with van der Waals surface area (Å²) in [4.78, 5) is 21.2. The van der Waals surface area contributed by atoms with Crippen LogP contribution < -0.4 is 17.9 Å². The highest BCUT2D eigenvalue weighted by Crippen LogP contribution is 2.39. The summed E-state index contributed by atoms with van der Waals surface area (Å²) in [5.41, 5.74) is 6.00. The van der Waals surface area contributed by atoms with Gasteiger partial charge in [0.1, 0.15) is 28.9 Å². The summed E-state index contributed by atoms with van der Waals surface area (Å²) in [5, 5.41) is 15.1. The number of aromatic nitrogens is 6. The molecule has 2 N–H and O–H groups in total. The number of hydrogen-bond donors (Lipinski definition) is 2. The number of aliphatic hydroxyl groups excluding tert-OH is 1. The van der Waals surface area contributed by atoms with E-state index in [0.29, 0.717) is 54.4 Å². The molecule has 14 heteroatoms. The van der Waals surface area contributed by atoms with Crippen LogP contribution in [0.15, 0.2) is 29.0 Å². The number of benzene rings is 1. The fourth-order valence-electron chi connectivity index (χ4n) is 4.68. The van der Waals surface area contributed by atoms with Gasteiger partial charge in [-0.2, -0.15) is 10.1 Å². The molecule has 1 atom stereocenters. The molecule has 4 aromatic rings. The second-order valence-corrected chi connectivity index (χ2v) is 11.5. The van der Waals surface area contributed by atoms with E-state index in [1.165, 1.54) is 0 Å². The molecule has 3 aromatic heterocycles. The molecule has 216 valence electrons. The SMILES string of the molecule is CCOc1ncc2c(n1)CN(c1nc(-c3cc(OC[C@H](O)CNI)ccc3Cl)nc(-c3c(C)c(Br)nn3C)c1C)C2. The Kier molecular flexibility index (Phi) is 9.28. The number of aryl methyl sites for hydroxylation is 1. The molecule has 0 radical (unpaired) electrons. The lowest BCUT2D eigenvalue weighted by atomic mass is 10.1. The van der Waals surface area contributed by atoms with E-state index in [0.717, 1.165) is 44.2 Å². The van der Waals surface area contributed by atoms with Gasteiger partial charge in [-0.05, 0) is 54.9 Å². The van der Waals surface area contributed by atoms with E-state index in [9.17, 15) is 5.11 Å². The van der Waals surface area contributed by atoms with Crippen molar-refractivity contribution < 1.29 is 14.6 Å². The van der Waals surface area contributed by atoms with E-state index < -0.39 is 6.10 Å². The highest BCUT2D eigenvalue weighted by Gasteiger charge is 2.28. The molecule has 1 aromatic carbocycles. The van der Waals surface area contributed by atoms with Gasteiger partial charge < -0.3 is 19.5 Å². The number of ether oxygens (including phenoxy) is 2. The molecule has 0 fully saturated rings. The molecule has 0 saturated carbocycles. The number of rotatable bonds is 10. The Labute approximate surface area is 265 Å². The quantitative estimate of drug-likeness (QED) is 0.170. The molecule has 1 aliphatic rings. The average Bonchev–Trinajstić information content (AvgIpc) is 3.47. The first-order valence-corrected chi connectivity index (χ1v) is 15.2. The number of nitrogens with zero attached hydrogens (tertiary/aromatic N) is 7. The van der Waals surface area contributed by atoms with Crippen molar-refractivity contribution >= 4 is 56.2 Å². The van der Waals surface area contributed by atoms with Gasteiger partial charge in [-0.15, -0.1) is 0 Å². The van der Waals surface area contributed by atoms with Gasteiger partial charge in [0.2, 0.25) is 0 Å². The van der Waals surface area contributed by atoms with E-state index in [4.69, 9.17) is 31.0 Å². The Hall–Kier alpha value is -2.59. The lowest BCUT2D eigenvalue weighted by Gasteiger charge is -2.22. The van der Waals surface area contributed by atoms with Crippen LogP contribution in [-0.2, 0) is 20.1 Å². The molecular weight excluding hydrogens is 727 g/mol. The zero-order valence-corrected chi connectivity index (χ0v) is 27.4. The Morgan fingerprint density at radius 2 is 1.98 bits per heavy atom. The smallest absolute Gasteiger partial charge is 0.316 e. The fourth-order valence-corrected chi connectivity index (χ4v) is 5.82. The van der Waals surface area contributed by atoms with Crippen molar-refractivity contribution in [3.63, 3.8) is 0 Å². The first-order chi connectivity index (χ1) is 19.7. The minimum absolute atomic E-state index is 0.126. The molecule has 0 aliphatic carbocycles. The van der Waals surface area contributed by atoms with E-state index in [2.05, 4.69) is 39.4 Å². The maximum Gasteiger partial charge on any atom is 0.316 e. The Morgan fingerprint density at radius 1 is 1.17 bits per heavy atom. The minimum atomic E-state index is -0.658. The Morgan fingerprint density at radius 3 is 2.68 bits per heavy atom. The first kappa shape index (κ1) is 29.9. The largest absolute Gasteiger partial charge is 0.491 e. The third kappa shape index (κ3) is 6.28. The van der Waals surface area contributed by atoms with Gasteiger partial charge in [-0.25, -0.2) is 15.0 Å². The summed E-state index contributed by atoms with van der Waals surface area (Å²) in [5.74, 6) is 1.75. The van der Waals surface area contributed by atoms with Crippen molar-refractivity contribution in [2.24, 2.45) is 7.05 Å². The van der Waals surface area contributed by atoms with Crippen LogP contribution >= 0.6 is 50.4 Å². The summed E-state index contributed by atoms with van der Waals surface area (Å²) >= 11 is 12.3. The van der Waals surface area contributed by atoms with E-state index in [-0.39, 0.29) is 6.61 Å². The lowest BCUT2D eigenvalue weighted by Crippen LogP contribution is -2.26. The van der Waals surface area contributed by atoms with Gasteiger partial charge in [0.05, 0.1) is 35.3 Å². The predicted molar refractivity (Wildman–Crippen MR) is 168 cm³/mol. The molecule has 0 spiro atoms. The van der Waals surface area contributed by atoms with Crippen molar-refractivity contribution in [3.8, 4) is 34.5 Å². The molecule has 41 heavy (non-hydrogen) atoms. The third-order valence-electron chi connectivity index (χ3n) is 6.71. The van der Waals surface area contributed by atoms with Gasteiger partial charge in [0.25, 0.3) is 0 Å². The summed E-state index contributed by atoms with van der Waals surface area (Å²) in [6, 6.07) is 5.68. The molecule has 4 heterocycles. The summed E-state index contributed by atoms with van der Waals surface area (Å²) in [6.07, 6.45) is 1.16. The van der Waals surface area contributed by atoms with E-state index >= 15 is 0 Å². The van der Waals surface area contributed by atoms with Gasteiger partial charge >= 0.3 is 6.01 Å². The summed E-state index contributed by atoms with van der Waals surface area (Å²) in [6.45, 7) is 8.08. The minimum Gasteiger partial charge on any atom is -0.491 e. The van der Waals surface area contributed by atoms with Crippen LogP contribution in [0.1, 0.15) is 29.3 Å². The third-order valence-corrected chi connectivity index (χ3v) is 8.23. The van der Waals surface area contributed by atoms with Crippen LogP contribution in [-0.4, -0.2) is 60.7 Å². The molecule has 0 amide bonds. The molecule has 0 unspecified atom stereocenters. The Bertz CT molecular complexity index is 1590. The van der Waals surface area contributed by atoms with Crippen LogP contribution in [0, 0.1) is 13.8 Å². The van der Waals surface area contributed by atoms with Crippen LogP contribution in [0.3, 0.4) is 0 Å². The van der Waals surface area contributed by atoms with Gasteiger partial charge in [0.15, 0.2) is 5.82 Å². The molecule has 0 saturated heterocycles. The number of nitrogens with one attached hydrogen (secondary N) is 1. The van der Waals surface area contributed by atoms with Crippen LogP contribution in [0.4, 0.5) is 5.82 Å². The first-order valence-electron chi connectivity index (χ1n) is 12.9. The number of halogens is 3.